The number of hydrogen-bond acceptors (Lipinski definition) is 2. The largest absolute Gasteiger partial charge is 0.494 e. The van der Waals surface area contributed by atoms with E-state index in [0.29, 0.717) is 11.6 Å². The fourth-order valence-corrected chi connectivity index (χ4v) is 1.06. The maximum Gasteiger partial charge on any atom is 0.119 e. The van der Waals surface area contributed by atoms with Crippen molar-refractivity contribution in [1.29, 1.82) is 0 Å². The van der Waals surface area contributed by atoms with Crippen molar-refractivity contribution in [3.63, 3.8) is 0 Å². The highest BCUT2D eigenvalue weighted by Gasteiger charge is 1.93. The van der Waals surface area contributed by atoms with E-state index in [-0.39, 0.29) is 6.61 Å². The summed E-state index contributed by atoms with van der Waals surface area (Å²) in [5.41, 5.74) is 0. The predicted molar refractivity (Wildman–Crippen MR) is 53.3 cm³/mol. The number of ether oxygens (including phenoxy) is 1. The molecule has 2 nitrogen and oxygen atoms in total. The molecule has 0 fully saturated rings. The van der Waals surface area contributed by atoms with Gasteiger partial charge in [0.25, 0.3) is 0 Å². The summed E-state index contributed by atoms with van der Waals surface area (Å²) >= 11 is 5.71. The number of benzene rings is 1. The first-order valence-corrected chi connectivity index (χ1v) is 4.70. The van der Waals surface area contributed by atoms with E-state index in [4.69, 9.17) is 21.4 Å². The molecule has 0 heterocycles. The second kappa shape index (κ2) is 5.84. The fraction of sp³-hybridized carbons (Fsp3) is 0.400. The fourth-order valence-electron chi connectivity index (χ4n) is 0.935. The van der Waals surface area contributed by atoms with Gasteiger partial charge in [0.15, 0.2) is 0 Å². The van der Waals surface area contributed by atoms with Crippen molar-refractivity contribution in [3.8, 4) is 5.75 Å². The van der Waals surface area contributed by atoms with Crippen LogP contribution in [0.4, 0.5) is 0 Å². The van der Waals surface area contributed by atoms with Crippen molar-refractivity contribution in [1.82, 2.24) is 0 Å². The minimum atomic E-state index is 0.226. The van der Waals surface area contributed by atoms with Crippen LogP contribution in [-0.4, -0.2) is 18.3 Å². The van der Waals surface area contributed by atoms with Crippen LogP contribution >= 0.6 is 11.6 Å². The first-order valence-electron chi connectivity index (χ1n) is 4.32. The molecule has 0 aliphatic carbocycles. The van der Waals surface area contributed by atoms with Gasteiger partial charge in [0, 0.05) is 11.6 Å². The van der Waals surface area contributed by atoms with Gasteiger partial charge in [-0.05, 0) is 37.1 Å². The summed E-state index contributed by atoms with van der Waals surface area (Å²) < 4.78 is 5.39. The number of hydrogen-bond donors (Lipinski definition) is 1. The molecule has 13 heavy (non-hydrogen) atoms. The van der Waals surface area contributed by atoms with Crippen LogP contribution in [0.15, 0.2) is 24.3 Å². The van der Waals surface area contributed by atoms with E-state index in [1.807, 2.05) is 12.1 Å². The SMILES string of the molecule is OCCCCOc1ccc(Cl)cc1. The van der Waals surface area contributed by atoms with E-state index >= 15 is 0 Å². The van der Waals surface area contributed by atoms with Crippen LogP contribution in [0.2, 0.25) is 5.02 Å². The zero-order valence-corrected chi connectivity index (χ0v) is 8.13. The van der Waals surface area contributed by atoms with Crippen molar-refractivity contribution in [2.45, 2.75) is 12.8 Å². The second-order valence-corrected chi connectivity index (χ2v) is 3.17. The van der Waals surface area contributed by atoms with Gasteiger partial charge in [0.1, 0.15) is 5.75 Å². The van der Waals surface area contributed by atoms with E-state index in [1.165, 1.54) is 0 Å². The Morgan fingerprint density at radius 1 is 1.15 bits per heavy atom. The van der Waals surface area contributed by atoms with Crippen LogP contribution in [0.25, 0.3) is 0 Å². The lowest BCUT2D eigenvalue weighted by atomic mass is 10.3. The number of unbranched alkanes of at least 4 members (excludes halogenated alkanes) is 1. The molecule has 0 bridgehead atoms. The highest BCUT2D eigenvalue weighted by atomic mass is 35.5. The molecular formula is C10H13ClO2. The Hall–Kier alpha value is -0.730. The van der Waals surface area contributed by atoms with Gasteiger partial charge in [-0.2, -0.15) is 0 Å². The number of aliphatic hydroxyl groups is 1. The van der Waals surface area contributed by atoms with Crippen molar-refractivity contribution in [2.24, 2.45) is 0 Å². The summed E-state index contributed by atoms with van der Waals surface area (Å²) in [6, 6.07) is 7.26. The zero-order chi connectivity index (χ0) is 9.52. The Kier molecular flexibility index (Phi) is 4.65. The third kappa shape index (κ3) is 4.15. The summed E-state index contributed by atoms with van der Waals surface area (Å²) in [6.07, 6.45) is 1.66. The lowest BCUT2D eigenvalue weighted by molar-refractivity contribution is 0.253. The lowest BCUT2D eigenvalue weighted by Gasteiger charge is -2.04. The third-order valence-electron chi connectivity index (χ3n) is 1.63. The van der Waals surface area contributed by atoms with Gasteiger partial charge in [-0.15, -0.1) is 0 Å². The van der Waals surface area contributed by atoms with Gasteiger partial charge in [-0.25, -0.2) is 0 Å². The molecule has 3 heteroatoms. The van der Waals surface area contributed by atoms with Crippen LogP contribution in [0.5, 0.6) is 5.75 Å². The van der Waals surface area contributed by atoms with Crippen LogP contribution in [-0.2, 0) is 0 Å². The van der Waals surface area contributed by atoms with Crippen molar-refractivity contribution in [3.05, 3.63) is 29.3 Å². The Morgan fingerprint density at radius 3 is 2.46 bits per heavy atom. The molecule has 0 saturated carbocycles. The first kappa shape index (κ1) is 10.4. The maximum atomic E-state index is 8.53. The van der Waals surface area contributed by atoms with Crippen LogP contribution in [0.1, 0.15) is 12.8 Å². The van der Waals surface area contributed by atoms with E-state index in [9.17, 15) is 0 Å². The van der Waals surface area contributed by atoms with E-state index in [0.717, 1.165) is 18.6 Å². The molecule has 0 atom stereocenters. The van der Waals surface area contributed by atoms with Crippen molar-refractivity contribution >= 4 is 11.6 Å². The van der Waals surface area contributed by atoms with Gasteiger partial charge in [-0.1, -0.05) is 11.6 Å². The standard InChI is InChI=1S/C10H13ClO2/c11-9-3-5-10(6-4-9)13-8-2-1-7-12/h3-6,12H,1-2,7-8H2. The van der Waals surface area contributed by atoms with Crippen molar-refractivity contribution in [2.75, 3.05) is 13.2 Å². The second-order valence-electron chi connectivity index (χ2n) is 2.73. The summed E-state index contributed by atoms with van der Waals surface area (Å²) in [5, 5.41) is 9.24. The quantitative estimate of drug-likeness (QED) is 0.741. The Morgan fingerprint density at radius 2 is 1.85 bits per heavy atom. The summed E-state index contributed by atoms with van der Waals surface area (Å²) in [6.45, 7) is 0.867. The van der Waals surface area contributed by atoms with Gasteiger partial charge in [-0.3, -0.25) is 0 Å². The molecule has 0 aliphatic rings. The van der Waals surface area contributed by atoms with E-state index < -0.39 is 0 Å². The van der Waals surface area contributed by atoms with Crippen molar-refractivity contribution < 1.29 is 9.84 Å². The number of aliphatic hydroxyl groups excluding tert-OH is 1. The smallest absolute Gasteiger partial charge is 0.119 e. The molecule has 0 saturated heterocycles. The monoisotopic (exact) mass is 200 g/mol. The van der Waals surface area contributed by atoms with Gasteiger partial charge in [0.05, 0.1) is 6.61 Å². The molecule has 0 radical (unpaired) electrons. The normalized spacial score (nSPS) is 10.0. The number of rotatable bonds is 5. The van der Waals surface area contributed by atoms with Gasteiger partial charge >= 0.3 is 0 Å². The highest BCUT2D eigenvalue weighted by Crippen LogP contribution is 2.15. The molecule has 72 valence electrons. The van der Waals surface area contributed by atoms with Crippen LogP contribution < -0.4 is 4.74 Å². The first-order chi connectivity index (χ1) is 6.33. The Labute approximate surface area is 83.1 Å². The molecule has 0 unspecified atom stereocenters. The summed E-state index contributed by atoms with van der Waals surface area (Å²) in [7, 11) is 0. The molecule has 1 N–H and O–H groups in total. The van der Waals surface area contributed by atoms with Crippen LogP contribution in [0, 0.1) is 0 Å². The van der Waals surface area contributed by atoms with Gasteiger partial charge < -0.3 is 9.84 Å². The molecule has 0 spiro atoms. The lowest BCUT2D eigenvalue weighted by Crippen LogP contribution is -1.98. The maximum absolute atomic E-state index is 8.53. The molecule has 1 aromatic rings. The minimum absolute atomic E-state index is 0.226. The Bertz CT molecular complexity index is 233. The highest BCUT2D eigenvalue weighted by molar-refractivity contribution is 6.30. The minimum Gasteiger partial charge on any atom is -0.494 e. The summed E-state index contributed by atoms with van der Waals surface area (Å²) in [4.78, 5) is 0. The Balaban J connectivity index is 2.25. The molecule has 0 aliphatic heterocycles. The molecule has 1 rings (SSSR count). The predicted octanol–water partition coefficient (Wildman–Crippen LogP) is 2.49. The molecule has 0 aromatic heterocycles. The average molecular weight is 201 g/mol. The third-order valence-corrected chi connectivity index (χ3v) is 1.89. The van der Waals surface area contributed by atoms with Gasteiger partial charge in [0.2, 0.25) is 0 Å². The molecular weight excluding hydrogens is 188 g/mol. The summed E-state index contributed by atoms with van der Waals surface area (Å²) in [5.74, 6) is 0.822. The topological polar surface area (TPSA) is 29.5 Å². The number of halogens is 1. The van der Waals surface area contributed by atoms with Crippen LogP contribution in [0.3, 0.4) is 0 Å². The average Bonchev–Trinajstić information content (AvgIpc) is 2.15. The van der Waals surface area contributed by atoms with E-state index in [2.05, 4.69) is 0 Å². The zero-order valence-electron chi connectivity index (χ0n) is 7.37. The molecule has 1 aromatic carbocycles. The van der Waals surface area contributed by atoms with E-state index in [1.54, 1.807) is 12.1 Å². The molecule has 0 amide bonds.